The Balaban J connectivity index is 1.27. The molecule has 0 saturated carbocycles. The minimum Gasteiger partial charge on any atom is -0.339 e. The number of piperidine rings is 1. The van der Waals surface area contributed by atoms with Gasteiger partial charge >= 0.3 is 0 Å². The summed E-state index contributed by atoms with van der Waals surface area (Å²) in [7, 11) is 0. The Kier molecular flexibility index (Phi) is 4.97. The van der Waals surface area contributed by atoms with Crippen molar-refractivity contribution in [2.45, 2.75) is 38.5 Å². The van der Waals surface area contributed by atoms with Crippen LogP contribution in [0.25, 0.3) is 22.5 Å². The fraction of sp³-hybridized carbons (Fsp3) is 0.348. The summed E-state index contributed by atoms with van der Waals surface area (Å²) in [6, 6.07) is 11.6. The minimum absolute atomic E-state index is 0.0285. The van der Waals surface area contributed by atoms with Crippen LogP contribution in [0.4, 0.5) is 0 Å². The highest BCUT2D eigenvalue weighted by Gasteiger charge is 2.29. The van der Waals surface area contributed by atoms with Gasteiger partial charge < -0.3 is 13.9 Å². The van der Waals surface area contributed by atoms with Gasteiger partial charge in [0.2, 0.25) is 11.7 Å². The zero-order valence-electron chi connectivity index (χ0n) is 17.5. The second-order valence-corrected chi connectivity index (χ2v) is 8.19. The van der Waals surface area contributed by atoms with E-state index >= 15 is 0 Å². The molecule has 0 aliphatic carbocycles. The molecular formula is C23H23N5O3. The molecule has 0 atom stereocenters. The molecular weight excluding hydrogens is 394 g/mol. The predicted molar refractivity (Wildman–Crippen MR) is 114 cm³/mol. The lowest BCUT2D eigenvalue weighted by Crippen LogP contribution is -2.38. The maximum atomic E-state index is 13.1. The van der Waals surface area contributed by atoms with Crippen LogP contribution in [-0.2, 0) is 0 Å². The number of carbonyl (C=O) groups is 1. The molecule has 4 heterocycles. The largest absolute Gasteiger partial charge is 0.339 e. The van der Waals surface area contributed by atoms with Crippen LogP contribution < -0.4 is 0 Å². The van der Waals surface area contributed by atoms with E-state index in [1.54, 1.807) is 6.20 Å². The van der Waals surface area contributed by atoms with Crippen molar-refractivity contribution in [3.8, 4) is 11.4 Å². The second-order valence-electron chi connectivity index (χ2n) is 8.19. The number of rotatable bonds is 4. The van der Waals surface area contributed by atoms with Gasteiger partial charge in [0, 0.05) is 30.8 Å². The first kappa shape index (κ1) is 19.4. The third-order valence-electron chi connectivity index (χ3n) is 5.76. The van der Waals surface area contributed by atoms with E-state index in [9.17, 15) is 4.79 Å². The number of aromatic nitrogens is 4. The Bertz CT molecular complexity index is 1210. The maximum Gasteiger partial charge on any atom is 0.257 e. The lowest BCUT2D eigenvalue weighted by Gasteiger charge is -2.30. The number of amides is 1. The van der Waals surface area contributed by atoms with Crippen LogP contribution in [0.5, 0.6) is 0 Å². The molecule has 0 N–H and O–H groups in total. The molecule has 1 saturated heterocycles. The zero-order chi connectivity index (χ0) is 21.4. The van der Waals surface area contributed by atoms with E-state index in [0.717, 1.165) is 29.5 Å². The average Bonchev–Trinajstić information content (AvgIpc) is 3.46. The highest BCUT2D eigenvalue weighted by atomic mass is 16.5. The summed E-state index contributed by atoms with van der Waals surface area (Å²) < 4.78 is 10.8. The monoisotopic (exact) mass is 417 g/mol. The third kappa shape index (κ3) is 3.69. The molecule has 3 aromatic heterocycles. The number of pyridine rings is 1. The van der Waals surface area contributed by atoms with Crippen LogP contribution in [0.1, 0.15) is 60.5 Å². The molecule has 0 unspecified atom stereocenters. The van der Waals surface area contributed by atoms with Crippen molar-refractivity contribution in [3.05, 3.63) is 59.7 Å². The van der Waals surface area contributed by atoms with Crippen molar-refractivity contribution >= 4 is 17.0 Å². The summed E-state index contributed by atoms with van der Waals surface area (Å²) in [4.78, 5) is 23.8. The van der Waals surface area contributed by atoms with Gasteiger partial charge in [-0.2, -0.15) is 4.98 Å². The summed E-state index contributed by atoms with van der Waals surface area (Å²) in [6.07, 6.45) is 3.13. The number of likely N-dealkylation sites (tertiary alicyclic amines) is 1. The summed E-state index contributed by atoms with van der Waals surface area (Å²) in [6.45, 7) is 5.34. The van der Waals surface area contributed by atoms with Crippen molar-refractivity contribution in [1.82, 2.24) is 25.2 Å². The molecule has 4 aromatic rings. The maximum absolute atomic E-state index is 13.1. The zero-order valence-corrected chi connectivity index (χ0v) is 17.5. The fourth-order valence-electron chi connectivity index (χ4n) is 4.00. The topological polar surface area (TPSA) is 98.2 Å². The Morgan fingerprint density at radius 3 is 2.61 bits per heavy atom. The number of benzene rings is 1. The first-order valence-electron chi connectivity index (χ1n) is 10.5. The molecule has 1 aliphatic heterocycles. The lowest BCUT2D eigenvalue weighted by molar-refractivity contribution is 0.0704. The molecule has 0 radical (unpaired) electrons. The summed E-state index contributed by atoms with van der Waals surface area (Å²) in [5.74, 6) is 1.56. The first-order valence-corrected chi connectivity index (χ1v) is 10.5. The van der Waals surface area contributed by atoms with Gasteiger partial charge in [-0.15, -0.1) is 0 Å². The summed E-state index contributed by atoms with van der Waals surface area (Å²) in [5, 5.41) is 9.01. The molecule has 1 amide bonds. The van der Waals surface area contributed by atoms with Crippen molar-refractivity contribution in [2.24, 2.45) is 0 Å². The SMILES string of the molecule is CC(C)c1noc2ncc(C(=O)N3CCC(c4nc(-c5ccccc5)no4)CC3)cc12. The van der Waals surface area contributed by atoms with E-state index in [2.05, 4.69) is 20.3 Å². The van der Waals surface area contributed by atoms with Gasteiger partial charge in [-0.1, -0.05) is 54.5 Å². The highest BCUT2D eigenvalue weighted by molar-refractivity contribution is 5.97. The Morgan fingerprint density at radius 2 is 1.87 bits per heavy atom. The van der Waals surface area contributed by atoms with Crippen LogP contribution in [0.3, 0.4) is 0 Å². The second kappa shape index (κ2) is 7.94. The fourth-order valence-corrected chi connectivity index (χ4v) is 4.00. The molecule has 158 valence electrons. The van der Waals surface area contributed by atoms with Crippen LogP contribution >= 0.6 is 0 Å². The van der Waals surface area contributed by atoms with Crippen molar-refractivity contribution in [3.63, 3.8) is 0 Å². The predicted octanol–water partition coefficient (Wildman–Crippen LogP) is 4.42. The Hall–Kier alpha value is -3.55. The molecule has 1 fully saturated rings. The van der Waals surface area contributed by atoms with Gasteiger partial charge in [-0.3, -0.25) is 4.79 Å². The number of nitrogens with zero attached hydrogens (tertiary/aromatic N) is 5. The van der Waals surface area contributed by atoms with Gasteiger partial charge in [0.15, 0.2) is 0 Å². The third-order valence-corrected chi connectivity index (χ3v) is 5.76. The van der Waals surface area contributed by atoms with E-state index in [4.69, 9.17) is 9.05 Å². The number of carbonyl (C=O) groups excluding carboxylic acids is 1. The van der Waals surface area contributed by atoms with E-state index in [-0.39, 0.29) is 17.7 Å². The van der Waals surface area contributed by atoms with Gasteiger partial charge in [0.1, 0.15) is 0 Å². The first-order chi connectivity index (χ1) is 15.1. The quantitative estimate of drug-likeness (QED) is 0.485. The molecule has 1 aliphatic rings. The molecule has 5 rings (SSSR count). The number of hydrogen-bond donors (Lipinski definition) is 0. The van der Waals surface area contributed by atoms with Gasteiger partial charge in [-0.05, 0) is 24.8 Å². The standard InChI is InChI=1S/C23H23N5O3/c1-14(2)19-18-12-17(13-24-22(18)31-26-19)23(29)28-10-8-16(9-11-28)21-25-20(27-30-21)15-6-4-3-5-7-15/h3-7,12-14,16H,8-11H2,1-2H3. The number of fused-ring (bicyclic) bond motifs is 1. The Morgan fingerprint density at radius 1 is 1.10 bits per heavy atom. The lowest BCUT2D eigenvalue weighted by atomic mass is 9.96. The van der Waals surface area contributed by atoms with Crippen LogP contribution in [-0.4, -0.2) is 44.2 Å². The molecule has 8 nitrogen and oxygen atoms in total. The summed E-state index contributed by atoms with van der Waals surface area (Å²) >= 11 is 0. The molecule has 0 spiro atoms. The van der Waals surface area contributed by atoms with Crippen molar-refractivity contribution in [1.29, 1.82) is 0 Å². The van der Waals surface area contributed by atoms with Crippen LogP contribution in [0.15, 0.2) is 51.6 Å². The normalized spacial score (nSPS) is 15.1. The van der Waals surface area contributed by atoms with E-state index in [1.165, 1.54) is 0 Å². The van der Waals surface area contributed by atoms with E-state index in [1.807, 2.05) is 55.1 Å². The Labute approximate surface area is 179 Å². The molecule has 8 heteroatoms. The van der Waals surface area contributed by atoms with Crippen LogP contribution in [0, 0.1) is 0 Å². The van der Waals surface area contributed by atoms with Gasteiger partial charge in [0.05, 0.1) is 16.6 Å². The minimum atomic E-state index is -0.0285. The summed E-state index contributed by atoms with van der Waals surface area (Å²) in [5.41, 5.74) is 2.77. The van der Waals surface area contributed by atoms with Gasteiger partial charge in [0.25, 0.3) is 11.6 Å². The molecule has 0 bridgehead atoms. The highest BCUT2D eigenvalue weighted by Crippen LogP contribution is 2.30. The molecule has 1 aromatic carbocycles. The van der Waals surface area contributed by atoms with Crippen molar-refractivity contribution in [2.75, 3.05) is 13.1 Å². The van der Waals surface area contributed by atoms with Crippen LogP contribution in [0.2, 0.25) is 0 Å². The van der Waals surface area contributed by atoms with E-state index < -0.39 is 0 Å². The van der Waals surface area contributed by atoms with E-state index in [0.29, 0.717) is 36.1 Å². The average molecular weight is 417 g/mol. The number of hydrogen-bond acceptors (Lipinski definition) is 7. The van der Waals surface area contributed by atoms with Gasteiger partial charge in [-0.25, -0.2) is 4.98 Å². The smallest absolute Gasteiger partial charge is 0.257 e. The van der Waals surface area contributed by atoms with Crippen molar-refractivity contribution < 1.29 is 13.8 Å². The molecule has 31 heavy (non-hydrogen) atoms.